The molecule has 108 valence electrons. The molecule has 0 radical (unpaired) electrons. The minimum absolute atomic E-state index is 0.126. The second kappa shape index (κ2) is 6.81. The average Bonchev–Trinajstić information content (AvgIpc) is 2.44. The number of thiocarbonyl (C=S) groups is 1. The fourth-order valence-electron chi connectivity index (χ4n) is 2.40. The molecule has 1 aliphatic rings. The molecule has 0 saturated carbocycles. The maximum Gasteiger partial charge on any atom is 0.236 e. The number of nitrogens with two attached hydrogens (primary N) is 1. The number of carbonyl (C=O) groups excluding carboxylic acids is 1. The Morgan fingerprint density at radius 1 is 1.40 bits per heavy atom. The van der Waals surface area contributed by atoms with Gasteiger partial charge in [-0.25, -0.2) is 0 Å². The van der Waals surface area contributed by atoms with Gasteiger partial charge in [0.15, 0.2) is 0 Å². The third-order valence-corrected chi connectivity index (χ3v) is 3.89. The van der Waals surface area contributed by atoms with Gasteiger partial charge in [-0.1, -0.05) is 36.5 Å². The Bertz CT molecular complexity index is 504. The van der Waals surface area contributed by atoms with Crippen molar-refractivity contribution in [2.75, 3.05) is 26.7 Å². The van der Waals surface area contributed by atoms with Crippen LogP contribution in [0.3, 0.4) is 0 Å². The van der Waals surface area contributed by atoms with E-state index in [1.54, 1.807) is 11.9 Å². The molecule has 0 spiro atoms. The van der Waals surface area contributed by atoms with Crippen LogP contribution in [0.2, 0.25) is 0 Å². The molecule has 0 fully saturated rings. The summed E-state index contributed by atoms with van der Waals surface area (Å²) in [5.74, 6) is 0.126. The first-order valence-electron chi connectivity index (χ1n) is 6.87. The van der Waals surface area contributed by atoms with Crippen molar-refractivity contribution in [3.8, 4) is 0 Å². The van der Waals surface area contributed by atoms with E-state index < -0.39 is 0 Å². The molecule has 1 aromatic rings. The minimum Gasteiger partial charge on any atom is -0.393 e. The van der Waals surface area contributed by atoms with Gasteiger partial charge in [0.1, 0.15) is 0 Å². The van der Waals surface area contributed by atoms with Gasteiger partial charge in [0.2, 0.25) is 5.91 Å². The molecule has 0 atom stereocenters. The summed E-state index contributed by atoms with van der Waals surface area (Å²) in [6.45, 7) is 2.84. The van der Waals surface area contributed by atoms with Gasteiger partial charge in [0.05, 0.1) is 11.5 Å². The fourth-order valence-corrected chi connectivity index (χ4v) is 2.50. The van der Waals surface area contributed by atoms with Crippen molar-refractivity contribution in [1.82, 2.24) is 9.80 Å². The Balaban J connectivity index is 1.85. The number of hydrogen-bond acceptors (Lipinski definition) is 3. The predicted molar refractivity (Wildman–Crippen MR) is 84.5 cm³/mol. The van der Waals surface area contributed by atoms with E-state index in [4.69, 9.17) is 18.0 Å². The topological polar surface area (TPSA) is 49.6 Å². The monoisotopic (exact) mass is 291 g/mol. The summed E-state index contributed by atoms with van der Waals surface area (Å²) in [6, 6.07) is 8.44. The Morgan fingerprint density at radius 3 is 2.80 bits per heavy atom. The Morgan fingerprint density at radius 2 is 2.10 bits per heavy atom. The number of likely N-dealkylation sites (N-methyl/N-ethyl adjacent to an activating group) is 1. The third-order valence-electron chi connectivity index (χ3n) is 3.69. The lowest BCUT2D eigenvalue weighted by molar-refractivity contribution is -0.131. The van der Waals surface area contributed by atoms with Crippen LogP contribution in [-0.2, 0) is 17.8 Å². The molecule has 0 bridgehead atoms. The van der Waals surface area contributed by atoms with Gasteiger partial charge in [0.25, 0.3) is 0 Å². The van der Waals surface area contributed by atoms with Gasteiger partial charge in [-0.15, -0.1) is 0 Å². The van der Waals surface area contributed by atoms with Crippen LogP contribution in [-0.4, -0.2) is 47.4 Å². The van der Waals surface area contributed by atoms with E-state index in [0.717, 1.165) is 19.5 Å². The van der Waals surface area contributed by atoms with Crippen LogP contribution in [0.15, 0.2) is 24.3 Å². The molecule has 5 heteroatoms. The largest absolute Gasteiger partial charge is 0.393 e. The van der Waals surface area contributed by atoms with Crippen LogP contribution < -0.4 is 5.73 Å². The van der Waals surface area contributed by atoms with E-state index in [-0.39, 0.29) is 5.91 Å². The Hall–Kier alpha value is -1.46. The molecule has 20 heavy (non-hydrogen) atoms. The molecule has 0 saturated heterocycles. The van der Waals surface area contributed by atoms with Crippen LogP contribution in [0, 0.1) is 0 Å². The predicted octanol–water partition coefficient (Wildman–Crippen LogP) is 1.18. The first-order chi connectivity index (χ1) is 9.56. The zero-order valence-corrected chi connectivity index (χ0v) is 12.7. The molecule has 1 heterocycles. The number of nitrogens with zero attached hydrogens (tertiary/aromatic N) is 2. The summed E-state index contributed by atoms with van der Waals surface area (Å²) in [4.78, 5) is 16.5. The number of fused-ring (bicyclic) bond motifs is 1. The molecule has 1 aromatic carbocycles. The van der Waals surface area contributed by atoms with E-state index in [1.165, 1.54) is 11.1 Å². The Labute approximate surface area is 125 Å². The summed E-state index contributed by atoms with van der Waals surface area (Å²) >= 11 is 4.84. The molecule has 1 amide bonds. The number of hydrogen-bond donors (Lipinski definition) is 1. The number of benzene rings is 1. The van der Waals surface area contributed by atoms with E-state index in [2.05, 4.69) is 29.2 Å². The normalized spacial score (nSPS) is 14.7. The van der Waals surface area contributed by atoms with Crippen molar-refractivity contribution in [3.63, 3.8) is 0 Å². The molecule has 0 unspecified atom stereocenters. The van der Waals surface area contributed by atoms with E-state index in [0.29, 0.717) is 24.5 Å². The lowest BCUT2D eigenvalue weighted by atomic mass is 10.00. The van der Waals surface area contributed by atoms with Crippen LogP contribution >= 0.6 is 12.2 Å². The standard InChI is InChI=1S/C15H21N3OS/c1-17(8-7-14(16)20)15(19)11-18-9-6-12-4-2-3-5-13(12)10-18/h2-5H,6-11H2,1H3,(H2,16,20). The quantitative estimate of drug-likeness (QED) is 0.828. The zero-order chi connectivity index (χ0) is 14.5. The Kier molecular flexibility index (Phi) is 5.09. The van der Waals surface area contributed by atoms with Crippen LogP contribution in [0.1, 0.15) is 17.5 Å². The van der Waals surface area contributed by atoms with Gasteiger partial charge in [-0.05, 0) is 17.5 Å². The first-order valence-corrected chi connectivity index (χ1v) is 7.28. The number of rotatable bonds is 5. The molecule has 4 nitrogen and oxygen atoms in total. The molecular formula is C15H21N3OS. The van der Waals surface area contributed by atoms with Crippen molar-refractivity contribution >= 4 is 23.1 Å². The maximum absolute atomic E-state index is 12.1. The summed E-state index contributed by atoms with van der Waals surface area (Å²) in [6.07, 6.45) is 1.60. The van der Waals surface area contributed by atoms with Crippen molar-refractivity contribution in [1.29, 1.82) is 0 Å². The van der Waals surface area contributed by atoms with Gasteiger partial charge in [-0.2, -0.15) is 0 Å². The van der Waals surface area contributed by atoms with Crippen molar-refractivity contribution in [2.24, 2.45) is 5.73 Å². The van der Waals surface area contributed by atoms with Gasteiger partial charge >= 0.3 is 0 Å². The van der Waals surface area contributed by atoms with E-state index in [1.807, 2.05) is 0 Å². The third kappa shape index (κ3) is 4.02. The fraction of sp³-hybridized carbons (Fsp3) is 0.467. The van der Waals surface area contributed by atoms with Gasteiger partial charge in [-0.3, -0.25) is 9.69 Å². The van der Waals surface area contributed by atoms with Crippen LogP contribution in [0.5, 0.6) is 0 Å². The van der Waals surface area contributed by atoms with Crippen molar-refractivity contribution in [3.05, 3.63) is 35.4 Å². The highest BCUT2D eigenvalue weighted by Gasteiger charge is 2.19. The SMILES string of the molecule is CN(CCC(N)=S)C(=O)CN1CCc2ccccc2C1. The second-order valence-corrected chi connectivity index (χ2v) is 5.79. The molecule has 2 rings (SSSR count). The van der Waals surface area contributed by atoms with Crippen LogP contribution in [0.25, 0.3) is 0 Å². The average molecular weight is 291 g/mol. The molecule has 2 N–H and O–H groups in total. The van der Waals surface area contributed by atoms with Gasteiger partial charge in [0, 0.05) is 33.1 Å². The molecule has 0 aromatic heterocycles. The minimum atomic E-state index is 0.126. The van der Waals surface area contributed by atoms with Crippen LogP contribution in [0.4, 0.5) is 0 Å². The summed E-state index contributed by atoms with van der Waals surface area (Å²) in [5, 5.41) is 0. The number of carbonyl (C=O) groups is 1. The molecule has 0 aliphatic carbocycles. The lowest BCUT2D eigenvalue weighted by Crippen LogP contribution is -2.41. The second-order valence-electron chi connectivity index (χ2n) is 5.26. The summed E-state index contributed by atoms with van der Waals surface area (Å²) in [5.41, 5.74) is 8.19. The summed E-state index contributed by atoms with van der Waals surface area (Å²) < 4.78 is 0. The molecular weight excluding hydrogens is 270 g/mol. The van der Waals surface area contributed by atoms with E-state index in [9.17, 15) is 4.79 Å². The lowest BCUT2D eigenvalue weighted by Gasteiger charge is -2.29. The van der Waals surface area contributed by atoms with Crippen molar-refractivity contribution in [2.45, 2.75) is 19.4 Å². The highest BCUT2D eigenvalue weighted by Crippen LogP contribution is 2.18. The first kappa shape index (κ1) is 14.9. The zero-order valence-electron chi connectivity index (χ0n) is 11.8. The molecule has 1 aliphatic heterocycles. The van der Waals surface area contributed by atoms with E-state index >= 15 is 0 Å². The van der Waals surface area contributed by atoms with Crippen molar-refractivity contribution < 1.29 is 4.79 Å². The smallest absolute Gasteiger partial charge is 0.236 e. The summed E-state index contributed by atoms with van der Waals surface area (Å²) in [7, 11) is 1.80. The highest BCUT2D eigenvalue weighted by atomic mass is 32.1. The number of amides is 1. The maximum atomic E-state index is 12.1. The highest BCUT2D eigenvalue weighted by molar-refractivity contribution is 7.80. The van der Waals surface area contributed by atoms with Gasteiger partial charge < -0.3 is 10.6 Å².